The highest BCUT2D eigenvalue weighted by Crippen LogP contribution is 2.49. The van der Waals surface area contributed by atoms with Gasteiger partial charge in [0.2, 0.25) is 5.91 Å². The van der Waals surface area contributed by atoms with Crippen molar-refractivity contribution >= 4 is 52.6 Å². The summed E-state index contributed by atoms with van der Waals surface area (Å²) in [6.07, 6.45) is 2.86. The Morgan fingerprint density at radius 3 is 2.47 bits per heavy atom. The molecule has 0 unspecified atom stereocenters. The monoisotopic (exact) mass is 826 g/mol. The highest BCUT2D eigenvalue weighted by atomic mass is 35.5. The van der Waals surface area contributed by atoms with E-state index in [2.05, 4.69) is 13.8 Å². The molecule has 310 valence electrons. The number of rotatable bonds is 7. The number of hydrogen-bond acceptors (Lipinski definition) is 9. The number of ether oxygens (including phenoxy) is 4. The first-order valence-electron chi connectivity index (χ1n) is 19.5. The summed E-state index contributed by atoms with van der Waals surface area (Å²) < 4.78 is 24.0. The number of anilines is 1. The van der Waals surface area contributed by atoms with Crippen molar-refractivity contribution in [2.75, 3.05) is 26.1 Å². The molecule has 0 aliphatic carbocycles. The lowest BCUT2D eigenvalue weighted by Crippen LogP contribution is -2.53. The van der Waals surface area contributed by atoms with E-state index in [1.165, 1.54) is 24.0 Å². The number of aryl methyl sites for hydroxylation is 1. The van der Waals surface area contributed by atoms with E-state index in [9.17, 15) is 24.3 Å². The fourth-order valence-corrected chi connectivity index (χ4v) is 8.45. The van der Waals surface area contributed by atoms with Crippen molar-refractivity contribution in [2.45, 2.75) is 122 Å². The molecule has 3 aliphatic heterocycles. The van der Waals surface area contributed by atoms with E-state index in [0.29, 0.717) is 33.6 Å². The Hall–Kier alpha value is -3.74. The van der Waals surface area contributed by atoms with Gasteiger partial charge in [-0.15, -0.1) is 0 Å². The Bertz CT molecular complexity index is 1950. The molecule has 2 fully saturated rings. The van der Waals surface area contributed by atoms with E-state index in [0.717, 1.165) is 28.7 Å². The van der Waals surface area contributed by atoms with Crippen LogP contribution in [0.1, 0.15) is 87.9 Å². The van der Waals surface area contributed by atoms with Gasteiger partial charge in [0.15, 0.2) is 0 Å². The number of esters is 2. The molecular weight excluding hydrogens is 771 g/mol. The maximum atomic E-state index is 14.2. The summed E-state index contributed by atoms with van der Waals surface area (Å²) in [4.78, 5) is 57.6. The zero-order valence-electron chi connectivity index (χ0n) is 34.6. The molecule has 4 bridgehead atoms. The molecule has 2 saturated heterocycles. The lowest BCUT2D eigenvalue weighted by atomic mass is 9.78. The third-order valence-corrected chi connectivity index (χ3v) is 12.5. The number of allylic oxidation sites excluding steroid dienone is 3. The van der Waals surface area contributed by atoms with Crippen LogP contribution in [0.2, 0.25) is 10.0 Å². The fourth-order valence-electron chi connectivity index (χ4n) is 7.96. The summed E-state index contributed by atoms with van der Waals surface area (Å²) >= 11 is 13.3. The molecule has 57 heavy (non-hydrogen) atoms. The van der Waals surface area contributed by atoms with Crippen LogP contribution in [0.5, 0.6) is 0 Å². The third-order valence-electron chi connectivity index (χ3n) is 11.6. The summed E-state index contributed by atoms with van der Waals surface area (Å²) in [6, 6.07) is 7.88. The normalized spacial score (nSPS) is 30.1. The van der Waals surface area contributed by atoms with Crippen LogP contribution in [-0.2, 0) is 46.2 Å². The predicted molar refractivity (Wildman–Crippen MR) is 220 cm³/mol. The lowest BCUT2D eigenvalue weighted by molar-refractivity contribution is -0.187. The van der Waals surface area contributed by atoms with Gasteiger partial charge in [-0.1, -0.05) is 79.9 Å². The van der Waals surface area contributed by atoms with E-state index in [-0.39, 0.29) is 19.3 Å². The summed E-state index contributed by atoms with van der Waals surface area (Å²) in [5, 5.41) is 12.8. The molecule has 1 N–H and O–H groups in total. The van der Waals surface area contributed by atoms with Crippen LogP contribution >= 0.6 is 23.2 Å². The molecule has 0 saturated carbocycles. The number of epoxide rings is 1. The van der Waals surface area contributed by atoms with Crippen molar-refractivity contribution in [3.8, 4) is 0 Å². The second-order valence-electron chi connectivity index (χ2n) is 16.6. The van der Waals surface area contributed by atoms with Gasteiger partial charge in [0.25, 0.3) is 5.91 Å². The van der Waals surface area contributed by atoms with Crippen molar-refractivity contribution in [3.05, 3.63) is 86.4 Å². The third kappa shape index (κ3) is 9.77. The second-order valence-corrected chi connectivity index (χ2v) is 17.4. The number of carbonyl (C=O) groups is 4. The first kappa shape index (κ1) is 44.4. The van der Waals surface area contributed by atoms with Gasteiger partial charge in [0.1, 0.15) is 35.6 Å². The molecule has 2 amide bonds. The number of carbonyl (C=O) groups excluding carboxylic acids is 4. The molecule has 3 heterocycles. The maximum absolute atomic E-state index is 14.2. The van der Waals surface area contributed by atoms with Gasteiger partial charge in [-0.3, -0.25) is 14.4 Å². The number of hydrogen-bond donors (Lipinski definition) is 1. The Morgan fingerprint density at radius 1 is 1.12 bits per heavy atom. The first-order valence-corrected chi connectivity index (χ1v) is 20.2. The molecule has 3 aliphatic rings. The fraction of sp³-hybridized carbons (Fsp3) is 0.545. The van der Waals surface area contributed by atoms with Crippen molar-refractivity contribution in [1.82, 2.24) is 4.90 Å². The largest absolute Gasteiger partial charge is 0.462 e. The van der Waals surface area contributed by atoms with Crippen LogP contribution in [0.4, 0.5) is 5.69 Å². The van der Waals surface area contributed by atoms with Gasteiger partial charge in [-0.25, -0.2) is 4.79 Å². The van der Waals surface area contributed by atoms with E-state index in [1.54, 1.807) is 45.2 Å². The topological polar surface area (TPSA) is 135 Å². The van der Waals surface area contributed by atoms with E-state index in [1.807, 2.05) is 45.0 Å². The molecule has 2 aromatic rings. The number of benzene rings is 2. The van der Waals surface area contributed by atoms with Gasteiger partial charge < -0.3 is 33.9 Å². The van der Waals surface area contributed by atoms with Crippen LogP contribution < -0.4 is 4.90 Å². The molecule has 2 aromatic carbocycles. The Morgan fingerprint density at radius 2 is 1.82 bits per heavy atom. The summed E-state index contributed by atoms with van der Waals surface area (Å²) in [7, 11) is 4.61. The SMILES string of the molecule is CO[C@@H]1/C=C/C=C(\C)Cc2cc(C)c(Cl)c(c2)N(C)C(=O)C[C@H](OC(=O)[C@H](C)N(C)C(=O)c2ccc(CC(C)C)c(Cl)c2)[C@]2(C)O[C@H]2[C@H](C)[C@@H]2C[C@@]1(O)CC(=O)O2. The van der Waals surface area contributed by atoms with Crippen LogP contribution in [0, 0.1) is 18.8 Å². The van der Waals surface area contributed by atoms with Gasteiger partial charge in [0.05, 0.1) is 29.7 Å². The number of methoxy groups -OCH3 is 1. The second kappa shape index (κ2) is 17.6. The Balaban J connectivity index is 1.48. The van der Waals surface area contributed by atoms with Crippen LogP contribution in [0.25, 0.3) is 0 Å². The molecule has 0 spiro atoms. The summed E-state index contributed by atoms with van der Waals surface area (Å²) in [5.74, 6) is -2.28. The highest BCUT2D eigenvalue weighted by molar-refractivity contribution is 6.34. The highest BCUT2D eigenvalue weighted by Gasteiger charge is 2.64. The average molecular weight is 828 g/mol. The van der Waals surface area contributed by atoms with Gasteiger partial charge >= 0.3 is 11.9 Å². The van der Waals surface area contributed by atoms with Crippen LogP contribution in [-0.4, -0.2) is 96.6 Å². The van der Waals surface area contributed by atoms with Crippen molar-refractivity contribution in [2.24, 2.45) is 11.8 Å². The quantitative estimate of drug-likeness (QED) is 0.227. The first-order chi connectivity index (χ1) is 26.7. The standard InChI is InChI=1S/C44H56Cl2N2O9/c1-24(2)16-30-14-15-31(20-32(30)45)41(51)47(8)28(6)42(52)56-36-21-37(49)48(9)33-19-29(18-26(4)39(33)46)17-25(3)12-11-13-35(54-10)44(53)22-34(55-38(50)23-44)27(5)40-43(36,7)57-40/h11-15,18-20,24,27-28,34-36,40,53H,16-17,21-23H2,1-10H3/b13-11+,25-12+/t27-,28+,34+,35-,36+,40+,43+,44-/m1/s1. The minimum absolute atomic E-state index is 0.0591. The minimum atomic E-state index is -1.58. The van der Waals surface area contributed by atoms with E-state index >= 15 is 0 Å². The molecule has 5 rings (SSSR count). The predicted octanol–water partition coefficient (Wildman–Crippen LogP) is 7.23. The van der Waals surface area contributed by atoms with Gasteiger partial charge in [-0.05, 0) is 81.3 Å². The van der Waals surface area contributed by atoms with Crippen molar-refractivity contribution in [1.29, 1.82) is 0 Å². The summed E-state index contributed by atoms with van der Waals surface area (Å²) in [5.41, 5.74) is 1.64. The zero-order valence-corrected chi connectivity index (χ0v) is 36.1. The lowest BCUT2D eigenvalue weighted by Gasteiger charge is -2.41. The Labute approximate surface area is 346 Å². The minimum Gasteiger partial charge on any atom is -0.462 e. The van der Waals surface area contributed by atoms with Gasteiger partial charge in [-0.2, -0.15) is 0 Å². The molecule has 0 aromatic heterocycles. The smallest absolute Gasteiger partial charge is 0.328 e. The Kier molecular flexibility index (Phi) is 13.7. The van der Waals surface area contributed by atoms with E-state index < -0.39 is 71.3 Å². The van der Waals surface area contributed by atoms with Crippen molar-refractivity contribution < 1.29 is 43.2 Å². The maximum Gasteiger partial charge on any atom is 0.328 e. The zero-order chi connectivity index (χ0) is 42.1. The number of halogens is 2. The van der Waals surface area contributed by atoms with Crippen molar-refractivity contribution in [3.63, 3.8) is 0 Å². The number of fused-ring (bicyclic) bond motifs is 5. The number of likely N-dealkylation sites (N-methyl/N-ethyl adjacent to an activating group) is 1. The average Bonchev–Trinajstić information content (AvgIpc) is 3.84. The number of aliphatic hydroxyl groups is 1. The molecule has 13 heteroatoms. The molecular formula is C44H56Cl2N2O9. The summed E-state index contributed by atoms with van der Waals surface area (Å²) in [6.45, 7) is 13.1. The van der Waals surface area contributed by atoms with Crippen LogP contribution in [0.15, 0.2) is 54.1 Å². The van der Waals surface area contributed by atoms with Gasteiger partial charge in [0, 0.05) is 44.1 Å². The number of nitrogens with zero attached hydrogens (tertiary/aromatic N) is 2. The van der Waals surface area contributed by atoms with Crippen LogP contribution in [0.3, 0.4) is 0 Å². The molecule has 11 nitrogen and oxygen atoms in total. The molecule has 8 atom stereocenters. The van der Waals surface area contributed by atoms with E-state index in [4.69, 9.17) is 42.1 Å². The molecule has 0 radical (unpaired) electrons. The number of amides is 2.